The van der Waals surface area contributed by atoms with Gasteiger partial charge in [-0.2, -0.15) is 0 Å². The van der Waals surface area contributed by atoms with Crippen LogP contribution in [0.5, 0.6) is 23.1 Å². The van der Waals surface area contributed by atoms with Crippen LogP contribution < -0.4 is 25.9 Å². The average Bonchev–Trinajstić information content (AvgIpc) is 3.51. The second-order valence-corrected chi connectivity index (χ2v) is 12.2. The van der Waals surface area contributed by atoms with Gasteiger partial charge in [-0.25, -0.2) is 4.98 Å². The van der Waals surface area contributed by atoms with Gasteiger partial charge in [0.2, 0.25) is 5.88 Å². The fourth-order valence-corrected chi connectivity index (χ4v) is 7.63. The standard InChI is InChI=1S/C42H26BNO2/c1-2-10-26(11-3-1)29-12-8-14-31-32-15-9-13-30(34(32)24-33(29)31)27-20-22-28(23-21-27)37-25-40-41-42(44-37)46-39-19-7-5-17-36(39)43(41)35-16-4-6-18-38(35)45-40/h1-23,25H,24H2. The molecule has 0 saturated heterocycles. The van der Waals surface area contributed by atoms with E-state index in [0.29, 0.717) is 5.88 Å². The summed E-state index contributed by atoms with van der Waals surface area (Å²) in [7, 11) is 0. The van der Waals surface area contributed by atoms with Crippen LogP contribution in [0, 0.1) is 0 Å². The van der Waals surface area contributed by atoms with Gasteiger partial charge in [-0.15, -0.1) is 0 Å². The van der Waals surface area contributed by atoms with Crippen LogP contribution >= 0.6 is 0 Å². The molecular weight excluding hydrogens is 561 g/mol. The van der Waals surface area contributed by atoms with Crippen molar-refractivity contribution in [2.45, 2.75) is 6.42 Å². The van der Waals surface area contributed by atoms with E-state index in [-0.39, 0.29) is 6.71 Å². The predicted molar refractivity (Wildman–Crippen MR) is 186 cm³/mol. The third kappa shape index (κ3) is 3.77. The van der Waals surface area contributed by atoms with Crippen molar-refractivity contribution < 1.29 is 9.47 Å². The van der Waals surface area contributed by atoms with Gasteiger partial charge >= 0.3 is 0 Å². The first-order valence-electron chi connectivity index (χ1n) is 15.8. The van der Waals surface area contributed by atoms with Crippen LogP contribution in [-0.2, 0) is 6.42 Å². The quantitative estimate of drug-likeness (QED) is 0.195. The lowest BCUT2D eigenvalue weighted by Crippen LogP contribution is -2.57. The van der Waals surface area contributed by atoms with Crippen molar-refractivity contribution in [1.29, 1.82) is 0 Å². The number of fused-ring (bicyclic) bond motifs is 7. The highest BCUT2D eigenvalue weighted by Crippen LogP contribution is 2.45. The van der Waals surface area contributed by atoms with Crippen molar-refractivity contribution in [3.8, 4) is 67.8 Å². The molecule has 3 heterocycles. The first-order chi connectivity index (χ1) is 22.8. The van der Waals surface area contributed by atoms with Gasteiger partial charge in [0.25, 0.3) is 6.71 Å². The molecule has 1 aliphatic carbocycles. The summed E-state index contributed by atoms with van der Waals surface area (Å²) >= 11 is 0. The fraction of sp³-hybridized carbons (Fsp3) is 0.0238. The highest BCUT2D eigenvalue weighted by atomic mass is 16.5. The largest absolute Gasteiger partial charge is 0.458 e. The molecule has 0 N–H and O–H groups in total. The van der Waals surface area contributed by atoms with Crippen molar-refractivity contribution in [3.05, 3.63) is 157 Å². The number of pyridine rings is 1. The van der Waals surface area contributed by atoms with Crippen LogP contribution in [0.3, 0.4) is 0 Å². The molecule has 6 aromatic carbocycles. The van der Waals surface area contributed by atoms with Gasteiger partial charge in [0.15, 0.2) is 0 Å². The van der Waals surface area contributed by atoms with Gasteiger partial charge < -0.3 is 9.47 Å². The van der Waals surface area contributed by atoms with Crippen molar-refractivity contribution in [1.82, 2.24) is 4.98 Å². The van der Waals surface area contributed by atoms with E-state index in [9.17, 15) is 0 Å². The second-order valence-electron chi connectivity index (χ2n) is 12.2. The first-order valence-corrected chi connectivity index (χ1v) is 15.8. The van der Waals surface area contributed by atoms with Gasteiger partial charge in [0.05, 0.1) is 5.69 Å². The van der Waals surface area contributed by atoms with Crippen molar-refractivity contribution in [2.24, 2.45) is 0 Å². The van der Waals surface area contributed by atoms with Crippen LogP contribution in [0.15, 0.2) is 146 Å². The van der Waals surface area contributed by atoms with Crippen LogP contribution in [0.1, 0.15) is 11.1 Å². The molecule has 3 nitrogen and oxygen atoms in total. The van der Waals surface area contributed by atoms with Gasteiger partial charge in [-0.3, -0.25) is 0 Å². The third-order valence-electron chi connectivity index (χ3n) is 9.73. The number of para-hydroxylation sites is 2. The first kappa shape index (κ1) is 25.5. The molecule has 0 spiro atoms. The van der Waals surface area contributed by atoms with E-state index in [1.54, 1.807) is 0 Å². The maximum atomic E-state index is 6.50. The summed E-state index contributed by atoms with van der Waals surface area (Å²) in [5.74, 6) is 3.14. The van der Waals surface area contributed by atoms with E-state index in [0.717, 1.165) is 51.3 Å². The van der Waals surface area contributed by atoms with Crippen molar-refractivity contribution in [2.75, 3.05) is 0 Å². The van der Waals surface area contributed by atoms with Crippen LogP contribution in [-0.4, -0.2) is 11.7 Å². The average molecular weight is 587 g/mol. The van der Waals surface area contributed by atoms with E-state index in [1.165, 1.54) is 44.5 Å². The molecule has 0 amide bonds. The predicted octanol–water partition coefficient (Wildman–Crippen LogP) is 8.38. The molecule has 46 heavy (non-hydrogen) atoms. The van der Waals surface area contributed by atoms with Crippen LogP contribution in [0.2, 0.25) is 0 Å². The number of aromatic nitrogens is 1. The molecule has 3 aliphatic rings. The molecule has 0 fully saturated rings. The number of nitrogens with zero attached hydrogens (tertiary/aromatic N) is 1. The minimum Gasteiger partial charge on any atom is -0.458 e. The van der Waals surface area contributed by atoms with Crippen molar-refractivity contribution >= 4 is 23.1 Å². The molecule has 2 aliphatic heterocycles. The Bertz CT molecular complexity index is 2280. The lowest BCUT2D eigenvalue weighted by Gasteiger charge is -2.32. The minimum atomic E-state index is 0.0236. The maximum Gasteiger partial charge on any atom is 0.262 e. The summed E-state index contributed by atoms with van der Waals surface area (Å²) in [6.07, 6.45) is 0.919. The van der Waals surface area contributed by atoms with Gasteiger partial charge in [0.1, 0.15) is 17.2 Å². The summed E-state index contributed by atoms with van der Waals surface area (Å²) in [6.45, 7) is 0.0236. The molecule has 0 saturated carbocycles. The van der Waals surface area contributed by atoms with Gasteiger partial charge in [0, 0.05) is 17.1 Å². The highest BCUT2D eigenvalue weighted by Gasteiger charge is 2.41. The molecule has 0 unspecified atom stereocenters. The number of hydrogen-bond acceptors (Lipinski definition) is 3. The van der Waals surface area contributed by atoms with E-state index in [4.69, 9.17) is 14.5 Å². The Morgan fingerprint density at radius 1 is 0.457 bits per heavy atom. The molecule has 4 heteroatoms. The summed E-state index contributed by atoms with van der Waals surface area (Å²) in [5, 5.41) is 0. The topological polar surface area (TPSA) is 31.4 Å². The summed E-state index contributed by atoms with van der Waals surface area (Å²) in [6, 6.07) is 51.5. The molecule has 0 radical (unpaired) electrons. The Morgan fingerprint density at radius 2 is 1.00 bits per heavy atom. The monoisotopic (exact) mass is 587 g/mol. The van der Waals surface area contributed by atoms with E-state index in [1.807, 2.05) is 24.3 Å². The molecule has 10 rings (SSSR count). The smallest absolute Gasteiger partial charge is 0.262 e. The Labute approximate surface area is 267 Å². The number of benzene rings is 6. The lowest BCUT2D eigenvalue weighted by molar-refractivity contribution is 0.451. The fourth-order valence-electron chi connectivity index (χ4n) is 7.63. The van der Waals surface area contributed by atoms with Crippen molar-refractivity contribution in [3.63, 3.8) is 0 Å². The number of ether oxygens (including phenoxy) is 2. The van der Waals surface area contributed by atoms with Crippen LogP contribution in [0.25, 0.3) is 44.6 Å². The highest BCUT2D eigenvalue weighted by molar-refractivity contribution is 6.98. The molecule has 7 aromatic rings. The Morgan fingerprint density at radius 3 is 1.67 bits per heavy atom. The van der Waals surface area contributed by atoms with E-state index < -0.39 is 0 Å². The SMILES string of the molecule is c1ccc(-c2cccc3c2Cc2c(-c4ccc(-c5cc6c7c(n5)Oc5ccccc5B7c5ccccc5O6)cc4)cccc2-3)cc1. The number of rotatable bonds is 3. The molecule has 214 valence electrons. The van der Waals surface area contributed by atoms with E-state index >= 15 is 0 Å². The third-order valence-corrected chi connectivity index (χ3v) is 9.73. The zero-order valence-corrected chi connectivity index (χ0v) is 24.9. The van der Waals surface area contributed by atoms with Crippen LogP contribution in [0.4, 0.5) is 0 Å². The van der Waals surface area contributed by atoms with E-state index in [2.05, 4.69) is 121 Å². The zero-order valence-electron chi connectivity index (χ0n) is 24.9. The van der Waals surface area contributed by atoms with Gasteiger partial charge in [-0.1, -0.05) is 127 Å². The molecule has 1 aromatic heterocycles. The zero-order chi connectivity index (χ0) is 30.2. The second kappa shape index (κ2) is 9.82. The molecule has 0 bridgehead atoms. The lowest BCUT2D eigenvalue weighted by atomic mass is 9.35. The molecular formula is C42H26BNO2. The molecule has 0 atom stereocenters. The normalized spacial score (nSPS) is 13.0. The summed E-state index contributed by atoms with van der Waals surface area (Å²) in [5.41, 5.74) is 15.6. The number of hydrogen-bond donors (Lipinski definition) is 0. The Balaban J connectivity index is 1.03. The Hall–Kier alpha value is -5.87. The minimum absolute atomic E-state index is 0.0236. The van der Waals surface area contributed by atoms with Gasteiger partial charge in [-0.05, 0) is 74.0 Å². The maximum absolute atomic E-state index is 6.50. The Kier molecular flexibility index (Phi) is 5.43. The summed E-state index contributed by atoms with van der Waals surface area (Å²) < 4.78 is 12.9. The summed E-state index contributed by atoms with van der Waals surface area (Å²) in [4.78, 5) is 5.07.